The third-order valence-corrected chi connectivity index (χ3v) is 2.45. The lowest BCUT2D eigenvalue weighted by Gasteiger charge is -1.95. The van der Waals surface area contributed by atoms with E-state index in [4.69, 9.17) is 16.0 Å². The molecule has 0 radical (unpaired) electrons. The molecule has 0 saturated heterocycles. The first-order chi connectivity index (χ1) is 8.20. The largest absolute Gasteiger partial charge is 0.469 e. The van der Waals surface area contributed by atoms with Crippen LogP contribution < -0.4 is 0 Å². The highest BCUT2D eigenvalue weighted by Crippen LogP contribution is 2.28. The second kappa shape index (κ2) is 5.01. The van der Waals surface area contributed by atoms with Crippen molar-refractivity contribution >= 4 is 17.6 Å². The zero-order valence-electron chi connectivity index (χ0n) is 9.14. The summed E-state index contributed by atoms with van der Waals surface area (Å²) in [5, 5.41) is 0.245. The van der Waals surface area contributed by atoms with Gasteiger partial charge in [0.15, 0.2) is 10.9 Å². The van der Waals surface area contributed by atoms with Crippen LogP contribution in [0, 0.1) is 0 Å². The van der Waals surface area contributed by atoms with Gasteiger partial charge in [-0.2, -0.15) is 0 Å². The minimum atomic E-state index is -0.414. The van der Waals surface area contributed by atoms with Gasteiger partial charge < -0.3 is 9.15 Å². The number of aromatic nitrogens is 1. The lowest BCUT2D eigenvalue weighted by molar-refractivity contribution is -0.140. The van der Waals surface area contributed by atoms with E-state index in [1.54, 1.807) is 0 Å². The molecule has 0 bridgehead atoms. The van der Waals surface area contributed by atoms with Crippen LogP contribution in [-0.2, 0) is 16.0 Å². The van der Waals surface area contributed by atoms with E-state index in [0.29, 0.717) is 5.76 Å². The molecule has 0 unspecified atom stereocenters. The van der Waals surface area contributed by atoms with Crippen LogP contribution in [0.4, 0.5) is 0 Å². The number of carbonyl (C=O) groups is 1. The third kappa shape index (κ3) is 2.65. The monoisotopic (exact) mass is 251 g/mol. The molecule has 2 rings (SSSR count). The first-order valence-electron chi connectivity index (χ1n) is 4.98. The number of hydrogen-bond donors (Lipinski definition) is 0. The Kier molecular flexibility index (Phi) is 3.44. The summed E-state index contributed by atoms with van der Waals surface area (Å²) in [7, 11) is 1.31. The molecule has 0 aliphatic carbocycles. The first kappa shape index (κ1) is 11.7. The molecule has 5 heteroatoms. The van der Waals surface area contributed by atoms with Crippen LogP contribution in [0.15, 0.2) is 34.7 Å². The van der Waals surface area contributed by atoms with Gasteiger partial charge in [-0.3, -0.25) is 4.79 Å². The zero-order valence-corrected chi connectivity index (χ0v) is 9.90. The maximum absolute atomic E-state index is 11.1. The van der Waals surface area contributed by atoms with Crippen LogP contribution in [0.25, 0.3) is 11.3 Å². The SMILES string of the molecule is COC(=O)Cc1nc(Cl)c(-c2ccccc2)o1. The van der Waals surface area contributed by atoms with Crippen molar-refractivity contribution in [2.45, 2.75) is 6.42 Å². The average molecular weight is 252 g/mol. The van der Waals surface area contributed by atoms with Crippen LogP contribution in [0.3, 0.4) is 0 Å². The van der Waals surface area contributed by atoms with Gasteiger partial charge in [0.1, 0.15) is 6.42 Å². The van der Waals surface area contributed by atoms with Crippen molar-refractivity contribution in [3.05, 3.63) is 41.4 Å². The summed E-state index contributed by atoms with van der Waals surface area (Å²) in [6, 6.07) is 9.34. The summed E-state index contributed by atoms with van der Waals surface area (Å²) < 4.78 is 9.96. The molecule has 0 atom stereocenters. The first-order valence-corrected chi connectivity index (χ1v) is 5.36. The number of ether oxygens (including phenoxy) is 1. The van der Waals surface area contributed by atoms with Gasteiger partial charge in [-0.05, 0) is 0 Å². The highest BCUT2D eigenvalue weighted by atomic mass is 35.5. The number of carbonyl (C=O) groups excluding carboxylic acids is 1. The molecule has 1 aromatic heterocycles. The van der Waals surface area contributed by atoms with Gasteiger partial charge in [0.05, 0.1) is 7.11 Å². The molecule has 0 aliphatic rings. The predicted octanol–water partition coefficient (Wildman–Crippen LogP) is 2.71. The van der Waals surface area contributed by atoms with Crippen molar-refractivity contribution < 1.29 is 13.9 Å². The molecular weight excluding hydrogens is 242 g/mol. The number of rotatable bonds is 3. The van der Waals surface area contributed by atoms with Crippen molar-refractivity contribution in [3.8, 4) is 11.3 Å². The van der Waals surface area contributed by atoms with Crippen LogP contribution in [-0.4, -0.2) is 18.1 Å². The molecule has 0 saturated carbocycles. The smallest absolute Gasteiger partial charge is 0.314 e. The summed E-state index contributed by atoms with van der Waals surface area (Å²) >= 11 is 5.95. The average Bonchev–Trinajstić information content (AvgIpc) is 2.71. The van der Waals surface area contributed by atoms with E-state index >= 15 is 0 Å². The van der Waals surface area contributed by atoms with E-state index in [-0.39, 0.29) is 17.5 Å². The molecule has 2 aromatic rings. The lowest BCUT2D eigenvalue weighted by Crippen LogP contribution is -2.04. The summed E-state index contributed by atoms with van der Waals surface area (Å²) in [5.74, 6) is 0.300. The fourth-order valence-electron chi connectivity index (χ4n) is 1.38. The Morgan fingerprint density at radius 2 is 2.12 bits per heavy atom. The molecule has 0 aliphatic heterocycles. The molecule has 0 fully saturated rings. The Labute approximate surface area is 103 Å². The van der Waals surface area contributed by atoms with Gasteiger partial charge in [-0.25, -0.2) is 4.98 Å². The fraction of sp³-hybridized carbons (Fsp3) is 0.167. The van der Waals surface area contributed by atoms with Crippen molar-refractivity contribution in [3.63, 3.8) is 0 Å². The van der Waals surface area contributed by atoms with E-state index in [1.807, 2.05) is 30.3 Å². The Morgan fingerprint density at radius 3 is 2.76 bits per heavy atom. The Bertz CT molecular complexity index is 522. The number of oxazole rings is 1. The molecule has 0 amide bonds. The fourth-order valence-corrected chi connectivity index (χ4v) is 1.62. The van der Waals surface area contributed by atoms with Crippen molar-refractivity contribution in [2.24, 2.45) is 0 Å². The van der Waals surface area contributed by atoms with E-state index in [9.17, 15) is 4.79 Å². The maximum Gasteiger partial charge on any atom is 0.314 e. The summed E-state index contributed by atoms with van der Waals surface area (Å²) in [6.07, 6.45) is -0.0247. The minimum Gasteiger partial charge on any atom is -0.469 e. The Morgan fingerprint density at radius 1 is 1.41 bits per heavy atom. The van der Waals surface area contributed by atoms with E-state index in [1.165, 1.54) is 7.11 Å². The van der Waals surface area contributed by atoms with Crippen LogP contribution in [0.2, 0.25) is 5.15 Å². The summed E-state index contributed by atoms with van der Waals surface area (Å²) in [4.78, 5) is 15.0. The Hall–Kier alpha value is -1.81. The maximum atomic E-state index is 11.1. The molecule has 0 spiro atoms. The van der Waals surface area contributed by atoms with Crippen LogP contribution >= 0.6 is 11.6 Å². The number of nitrogens with zero attached hydrogens (tertiary/aromatic N) is 1. The van der Waals surface area contributed by atoms with E-state index in [0.717, 1.165) is 5.56 Å². The number of halogens is 1. The highest BCUT2D eigenvalue weighted by molar-refractivity contribution is 6.31. The third-order valence-electron chi connectivity index (χ3n) is 2.19. The number of benzene rings is 1. The van der Waals surface area contributed by atoms with Crippen LogP contribution in [0.5, 0.6) is 0 Å². The predicted molar refractivity (Wildman–Crippen MR) is 62.7 cm³/mol. The molecular formula is C12H10ClNO3. The van der Waals surface area contributed by atoms with E-state index < -0.39 is 5.97 Å². The molecule has 17 heavy (non-hydrogen) atoms. The molecule has 4 nitrogen and oxygen atoms in total. The van der Waals surface area contributed by atoms with Gasteiger partial charge >= 0.3 is 5.97 Å². The number of methoxy groups -OCH3 is 1. The van der Waals surface area contributed by atoms with Crippen LogP contribution in [0.1, 0.15) is 5.89 Å². The van der Waals surface area contributed by atoms with Crippen molar-refractivity contribution in [1.82, 2.24) is 4.98 Å². The normalized spacial score (nSPS) is 10.2. The molecule has 0 N–H and O–H groups in total. The minimum absolute atomic E-state index is 0.0247. The quantitative estimate of drug-likeness (QED) is 0.787. The molecule has 1 heterocycles. The summed E-state index contributed by atoms with van der Waals surface area (Å²) in [5.41, 5.74) is 0.820. The number of hydrogen-bond acceptors (Lipinski definition) is 4. The van der Waals surface area contributed by atoms with Crippen molar-refractivity contribution in [1.29, 1.82) is 0 Å². The second-order valence-corrected chi connectivity index (χ2v) is 3.70. The highest BCUT2D eigenvalue weighted by Gasteiger charge is 2.15. The van der Waals surface area contributed by atoms with Gasteiger partial charge in [0.2, 0.25) is 5.89 Å². The molecule has 88 valence electrons. The molecule has 1 aromatic carbocycles. The Balaban J connectivity index is 2.28. The van der Waals surface area contributed by atoms with E-state index in [2.05, 4.69) is 9.72 Å². The summed E-state index contributed by atoms with van der Waals surface area (Å²) in [6.45, 7) is 0. The zero-order chi connectivity index (χ0) is 12.3. The second-order valence-electron chi connectivity index (χ2n) is 3.35. The number of esters is 1. The standard InChI is InChI=1S/C12H10ClNO3/c1-16-10(15)7-9-14-12(13)11(17-9)8-5-3-2-4-6-8/h2-6H,7H2,1H3. The van der Waals surface area contributed by atoms with Gasteiger partial charge in [-0.1, -0.05) is 41.9 Å². The van der Waals surface area contributed by atoms with Gasteiger partial charge in [0, 0.05) is 5.56 Å². The topological polar surface area (TPSA) is 52.3 Å². The van der Waals surface area contributed by atoms with Gasteiger partial charge in [0.25, 0.3) is 0 Å². The lowest BCUT2D eigenvalue weighted by atomic mass is 10.2. The van der Waals surface area contributed by atoms with Gasteiger partial charge in [-0.15, -0.1) is 0 Å². The van der Waals surface area contributed by atoms with Crippen molar-refractivity contribution in [2.75, 3.05) is 7.11 Å².